The van der Waals surface area contributed by atoms with E-state index in [2.05, 4.69) is 9.97 Å². The van der Waals surface area contributed by atoms with E-state index >= 15 is 0 Å². The summed E-state index contributed by atoms with van der Waals surface area (Å²) in [6, 6.07) is 5.21. The standard InChI is InChI=1S/C13H13N3O2/c1-16(9-10-3-2-5-14-7-10)13(18)11-4-6-15-8-12(11)17/h2-8,17H,9H2,1H3. The van der Waals surface area contributed by atoms with E-state index in [4.69, 9.17) is 0 Å². The molecule has 0 radical (unpaired) electrons. The number of aromatic nitrogens is 2. The molecule has 0 unspecified atom stereocenters. The summed E-state index contributed by atoms with van der Waals surface area (Å²) in [5, 5.41) is 9.57. The Bertz CT molecular complexity index is 543. The van der Waals surface area contributed by atoms with Crippen molar-refractivity contribution in [2.75, 3.05) is 7.05 Å². The highest BCUT2D eigenvalue weighted by molar-refractivity contribution is 5.96. The van der Waals surface area contributed by atoms with Gasteiger partial charge in [-0.1, -0.05) is 6.07 Å². The number of hydrogen-bond acceptors (Lipinski definition) is 4. The van der Waals surface area contributed by atoms with E-state index in [-0.39, 0.29) is 17.2 Å². The van der Waals surface area contributed by atoms with Gasteiger partial charge in [-0.3, -0.25) is 14.8 Å². The third-order valence-corrected chi connectivity index (χ3v) is 2.52. The van der Waals surface area contributed by atoms with Gasteiger partial charge < -0.3 is 10.0 Å². The van der Waals surface area contributed by atoms with Gasteiger partial charge in [0.15, 0.2) is 0 Å². The molecule has 0 spiro atoms. The Morgan fingerprint density at radius 1 is 1.28 bits per heavy atom. The Morgan fingerprint density at radius 3 is 2.72 bits per heavy atom. The van der Waals surface area contributed by atoms with Crippen LogP contribution >= 0.6 is 0 Å². The molecule has 2 rings (SSSR count). The first-order valence-corrected chi connectivity index (χ1v) is 5.46. The van der Waals surface area contributed by atoms with Crippen LogP contribution in [-0.4, -0.2) is 32.9 Å². The maximum Gasteiger partial charge on any atom is 0.257 e. The molecular weight excluding hydrogens is 230 g/mol. The minimum Gasteiger partial charge on any atom is -0.505 e. The average molecular weight is 243 g/mol. The zero-order valence-electron chi connectivity index (χ0n) is 9.95. The first kappa shape index (κ1) is 12.0. The molecule has 1 N–H and O–H groups in total. The predicted molar refractivity (Wildman–Crippen MR) is 65.9 cm³/mol. The second-order valence-electron chi connectivity index (χ2n) is 3.92. The number of rotatable bonds is 3. The minimum atomic E-state index is -0.251. The number of carbonyl (C=O) groups excluding carboxylic acids is 1. The van der Waals surface area contributed by atoms with E-state index in [0.717, 1.165) is 5.56 Å². The molecule has 0 fully saturated rings. The lowest BCUT2D eigenvalue weighted by atomic mass is 10.2. The van der Waals surface area contributed by atoms with Crippen LogP contribution in [0.1, 0.15) is 15.9 Å². The fourth-order valence-corrected chi connectivity index (χ4v) is 1.61. The van der Waals surface area contributed by atoms with E-state index in [0.29, 0.717) is 6.54 Å². The van der Waals surface area contributed by atoms with Crippen molar-refractivity contribution in [3.63, 3.8) is 0 Å². The van der Waals surface area contributed by atoms with Crippen LogP contribution in [-0.2, 0) is 6.54 Å². The molecular formula is C13H13N3O2. The van der Waals surface area contributed by atoms with Crippen molar-refractivity contribution in [1.82, 2.24) is 14.9 Å². The number of carbonyl (C=O) groups is 1. The normalized spacial score (nSPS) is 10.1. The van der Waals surface area contributed by atoms with Crippen LogP contribution in [0.25, 0.3) is 0 Å². The highest BCUT2D eigenvalue weighted by Gasteiger charge is 2.15. The van der Waals surface area contributed by atoms with Crippen LogP contribution in [0.5, 0.6) is 5.75 Å². The minimum absolute atomic E-state index is 0.111. The molecule has 1 amide bonds. The fourth-order valence-electron chi connectivity index (χ4n) is 1.61. The molecule has 0 bridgehead atoms. The van der Waals surface area contributed by atoms with Crippen LogP contribution in [0, 0.1) is 0 Å². The smallest absolute Gasteiger partial charge is 0.257 e. The van der Waals surface area contributed by atoms with Gasteiger partial charge >= 0.3 is 0 Å². The van der Waals surface area contributed by atoms with E-state index in [1.165, 1.54) is 23.4 Å². The average Bonchev–Trinajstić information content (AvgIpc) is 2.39. The maximum atomic E-state index is 12.1. The summed E-state index contributed by atoms with van der Waals surface area (Å²) in [5.74, 6) is -0.362. The first-order valence-electron chi connectivity index (χ1n) is 5.46. The molecule has 18 heavy (non-hydrogen) atoms. The Kier molecular flexibility index (Phi) is 3.52. The van der Waals surface area contributed by atoms with Gasteiger partial charge in [0, 0.05) is 32.2 Å². The Balaban J connectivity index is 2.13. The van der Waals surface area contributed by atoms with E-state index < -0.39 is 0 Å². The SMILES string of the molecule is CN(Cc1cccnc1)C(=O)c1ccncc1O. The van der Waals surface area contributed by atoms with Gasteiger partial charge in [0.25, 0.3) is 5.91 Å². The van der Waals surface area contributed by atoms with Crippen LogP contribution < -0.4 is 0 Å². The second-order valence-corrected chi connectivity index (χ2v) is 3.92. The summed E-state index contributed by atoms with van der Waals surface area (Å²) >= 11 is 0. The molecule has 2 aromatic heterocycles. The largest absolute Gasteiger partial charge is 0.505 e. The number of nitrogens with zero attached hydrogens (tertiary/aromatic N) is 3. The van der Waals surface area contributed by atoms with Crippen molar-refractivity contribution >= 4 is 5.91 Å². The van der Waals surface area contributed by atoms with Gasteiger partial charge in [-0.05, 0) is 17.7 Å². The summed E-state index contributed by atoms with van der Waals surface area (Å²) in [5.41, 5.74) is 1.18. The molecule has 0 aliphatic carbocycles. The summed E-state index contributed by atoms with van der Waals surface area (Å²) < 4.78 is 0. The number of aromatic hydroxyl groups is 1. The van der Waals surface area contributed by atoms with Crippen molar-refractivity contribution in [3.8, 4) is 5.75 Å². The molecule has 2 aromatic rings. The van der Waals surface area contributed by atoms with Crippen molar-refractivity contribution in [1.29, 1.82) is 0 Å². The highest BCUT2D eigenvalue weighted by atomic mass is 16.3. The molecule has 0 atom stereocenters. The molecule has 0 aliphatic heterocycles. The zero-order valence-corrected chi connectivity index (χ0v) is 9.95. The van der Waals surface area contributed by atoms with Crippen molar-refractivity contribution in [2.45, 2.75) is 6.54 Å². The summed E-state index contributed by atoms with van der Waals surface area (Å²) in [7, 11) is 1.68. The molecule has 92 valence electrons. The number of hydrogen-bond donors (Lipinski definition) is 1. The topological polar surface area (TPSA) is 66.3 Å². The third kappa shape index (κ3) is 2.63. The van der Waals surface area contributed by atoms with Gasteiger partial charge in [-0.2, -0.15) is 0 Å². The summed E-state index contributed by atoms with van der Waals surface area (Å²) in [6.45, 7) is 0.439. The number of amides is 1. The lowest BCUT2D eigenvalue weighted by Gasteiger charge is -2.17. The fraction of sp³-hybridized carbons (Fsp3) is 0.154. The van der Waals surface area contributed by atoms with Crippen LogP contribution in [0.15, 0.2) is 43.0 Å². The maximum absolute atomic E-state index is 12.1. The van der Waals surface area contributed by atoms with Crippen molar-refractivity contribution in [2.24, 2.45) is 0 Å². The Morgan fingerprint density at radius 2 is 2.06 bits per heavy atom. The lowest BCUT2D eigenvalue weighted by Crippen LogP contribution is -2.26. The quantitative estimate of drug-likeness (QED) is 0.886. The summed E-state index contributed by atoms with van der Waals surface area (Å²) in [4.78, 5) is 21.3. The molecule has 0 saturated carbocycles. The van der Waals surface area contributed by atoms with Crippen LogP contribution in [0.3, 0.4) is 0 Å². The van der Waals surface area contributed by atoms with Crippen LogP contribution in [0.2, 0.25) is 0 Å². The highest BCUT2D eigenvalue weighted by Crippen LogP contribution is 2.16. The van der Waals surface area contributed by atoms with Gasteiger partial charge in [-0.25, -0.2) is 0 Å². The third-order valence-electron chi connectivity index (χ3n) is 2.52. The van der Waals surface area contributed by atoms with E-state index in [1.54, 1.807) is 19.4 Å². The number of pyridine rings is 2. The summed E-state index contributed by atoms with van der Waals surface area (Å²) in [6.07, 6.45) is 6.12. The monoisotopic (exact) mass is 243 g/mol. The lowest BCUT2D eigenvalue weighted by molar-refractivity contribution is 0.0782. The van der Waals surface area contributed by atoms with E-state index in [9.17, 15) is 9.90 Å². The molecule has 5 nitrogen and oxygen atoms in total. The van der Waals surface area contributed by atoms with Crippen molar-refractivity contribution < 1.29 is 9.90 Å². The zero-order chi connectivity index (χ0) is 13.0. The Hall–Kier alpha value is -2.43. The van der Waals surface area contributed by atoms with Gasteiger partial charge in [0.2, 0.25) is 0 Å². The van der Waals surface area contributed by atoms with E-state index in [1.807, 2.05) is 12.1 Å². The van der Waals surface area contributed by atoms with Crippen molar-refractivity contribution in [3.05, 3.63) is 54.1 Å². The molecule has 0 saturated heterocycles. The first-order chi connectivity index (χ1) is 8.68. The molecule has 0 aromatic carbocycles. The second kappa shape index (κ2) is 5.27. The molecule has 5 heteroatoms. The van der Waals surface area contributed by atoms with Gasteiger partial charge in [0.1, 0.15) is 5.75 Å². The Labute approximate surface area is 105 Å². The molecule has 0 aliphatic rings. The van der Waals surface area contributed by atoms with Crippen LogP contribution in [0.4, 0.5) is 0 Å². The van der Waals surface area contributed by atoms with Gasteiger partial charge in [0.05, 0.1) is 11.8 Å². The van der Waals surface area contributed by atoms with Gasteiger partial charge in [-0.15, -0.1) is 0 Å². The predicted octanol–water partition coefficient (Wildman–Crippen LogP) is 1.45. The molecule has 2 heterocycles.